The molecule has 28 heavy (non-hydrogen) atoms. The molecule has 9 heteroatoms. The minimum atomic E-state index is -4.16. The van der Waals surface area contributed by atoms with E-state index in [0.29, 0.717) is 23.6 Å². The lowest BCUT2D eigenvalue weighted by molar-refractivity contribution is -0.151. The third-order valence-electron chi connectivity index (χ3n) is 3.93. The van der Waals surface area contributed by atoms with Crippen molar-refractivity contribution < 1.29 is 28.4 Å². The fraction of sp³-hybridized carbons (Fsp3) is 0.579. The summed E-state index contributed by atoms with van der Waals surface area (Å²) in [5.41, 5.74) is -0.159. The second-order valence-corrected chi connectivity index (χ2v) is 8.64. The van der Waals surface area contributed by atoms with Gasteiger partial charge in [0.05, 0.1) is 6.10 Å². The zero-order valence-electron chi connectivity index (χ0n) is 16.8. The van der Waals surface area contributed by atoms with Gasteiger partial charge in [0.2, 0.25) is 0 Å². The Balaban J connectivity index is 2.80. The third-order valence-corrected chi connectivity index (χ3v) is 5.78. The highest BCUT2D eigenvalue weighted by Crippen LogP contribution is 2.47. The number of rotatable bonds is 12. The number of hydrogen-bond donors (Lipinski definition) is 1. The van der Waals surface area contributed by atoms with E-state index in [0.717, 1.165) is 12.8 Å². The Morgan fingerprint density at radius 1 is 1.21 bits per heavy atom. The predicted octanol–water partition coefficient (Wildman–Crippen LogP) is 5.54. The average molecular weight is 434 g/mol. The normalized spacial score (nSPS) is 16.1. The SMILES string of the molecule is CCCCCC(=NOC(=O)C(C)Oc1ccc(Cl)cc1)P(=O)(O)OC(C)CC. The number of benzene rings is 1. The summed E-state index contributed by atoms with van der Waals surface area (Å²) >= 11 is 5.81. The number of halogens is 1. The lowest BCUT2D eigenvalue weighted by Gasteiger charge is -2.18. The summed E-state index contributed by atoms with van der Waals surface area (Å²) in [5.74, 6) is -0.347. The molecule has 1 N–H and O–H groups in total. The smallest absolute Gasteiger partial charge is 0.376 e. The Hall–Kier alpha value is -1.40. The van der Waals surface area contributed by atoms with Gasteiger partial charge in [-0.15, -0.1) is 0 Å². The van der Waals surface area contributed by atoms with E-state index in [2.05, 4.69) is 5.16 Å². The molecule has 0 fully saturated rings. The summed E-state index contributed by atoms with van der Waals surface area (Å²) in [5, 5.41) is 4.20. The molecular weight excluding hydrogens is 405 g/mol. The largest absolute Gasteiger partial charge is 0.479 e. The van der Waals surface area contributed by atoms with E-state index in [-0.39, 0.29) is 11.9 Å². The van der Waals surface area contributed by atoms with E-state index in [4.69, 9.17) is 25.7 Å². The van der Waals surface area contributed by atoms with E-state index < -0.39 is 25.8 Å². The fourth-order valence-corrected chi connectivity index (χ4v) is 3.56. The number of carbonyl (C=O) groups excluding carboxylic acids is 1. The zero-order chi connectivity index (χ0) is 21.2. The molecule has 1 aromatic carbocycles. The Labute approximate surface area is 171 Å². The highest BCUT2D eigenvalue weighted by molar-refractivity contribution is 7.71. The van der Waals surface area contributed by atoms with Crippen molar-refractivity contribution in [3.63, 3.8) is 0 Å². The van der Waals surface area contributed by atoms with E-state index in [1.54, 1.807) is 31.2 Å². The van der Waals surface area contributed by atoms with Crippen LogP contribution in [0.4, 0.5) is 0 Å². The van der Waals surface area contributed by atoms with Crippen molar-refractivity contribution in [2.75, 3.05) is 0 Å². The molecule has 0 heterocycles. The third kappa shape index (κ3) is 8.74. The highest BCUT2D eigenvalue weighted by atomic mass is 35.5. The number of oxime groups is 1. The van der Waals surface area contributed by atoms with Gasteiger partial charge in [-0.25, -0.2) is 4.79 Å². The van der Waals surface area contributed by atoms with Crippen molar-refractivity contribution in [3.05, 3.63) is 29.3 Å². The first-order valence-electron chi connectivity index (χ1n) is 9.41. The standard InChI is InChI=1S/C19H29ClNO6P/c1-5-7-8-9-18(28(23,24)27-14(3)6-2)21-26-19(22)15(4)25-17-12-10-16(20)11-13-17/h10-15H,5-9H2,1-4H3,(H,23,24). The van der Waals surface area contributed by atoms with Crippen LogP contribution in [0.15, 0.2) is 29.4 Å². The Bertz CT molecular complexity index is 694. The van der Waals surface area contributed by atoms with E-state index in [1.807, 2.05) is 13.8 Å². The Morgan fingerprint density at radius 2 is 1.86 bits per heavy atom. The van der Waals surface area contributed by atoms with Crippen LogP contribution in [-0.4, -0.2) is 28.5 Å². The van der Waals surface area contributed by atoms with Crippen LogP contribution < -0.4 is 4.74 Å². The molecule has 0 saturated heterocycles. The first kappa shape index (κ1) is 24.6. The quantitative estimate of drug-likeness (QED) is 0.153. The average Bonchev–Trinajstić information content (AvgIpc) is 2.65. The second kappa shape index (κ2) is 12.2. The molecule has 0 aliphatic rings. The minimum absolute atomic E-state index is 0.159. The van der Waals surface area contributed by atoms with Crippen molar-refractivity contribution >= 4 is 30.6 Å². The molecule has 0 amide bonds. The van der Waals surface area contributed by atoms with Crippen molar-refractivity contribution in [1.29, 1.82) is 0 Å². The number of nitrogens with zero attached hydrogens (tertiary/aromatic N) is 1. The van der Waals surface area contributed by atoms with Crippen LogP contribution in [0.25, 0.3) is 0 Å². The molecule has 0 radical (unpaired) electrons. The number of unbranched alkanes of at least 4 members (excludes halogenated alkanes) is 2. The van der Waals surface area contributed by atoms with Gasteiger partial charge in [0.25, 0.3) is 0 Å². The summed E-state index contributed by atoms with van der Waals surface area (Å²) in [6.45, 7) is 7.05. The summed E-state index contributed by atoms with van der Waals surface area (Å²) in [7, 11) is -4.16. The van der Waals surface area contributed by atoms with Crippen LogP contribution in [0, 0.1) is 0 Å². The molecule has 1 aromatic rings. The molecule has 158 valence electrons. The summed E-state index contributed by atoms with van der Waals surface area (Å²) in [4.78, 5) is 27.3. The summed E-state index contributed by atoms with van der Waals surface area (Å²) in [6, 6.07) is 6.50. The van der Waals surface area contributed by atoms with Crippen LogP contribution in [0.5, 0.6) is 5.75 Å². The first-order valence-corrected chi connectivity index (χ1v) is 11.4. The molecule has 0 aromatic heterocycles. The van der Waals surface area contributed by atoms with Gasteiger partial charge >= 0.3 is 13.6 Å². The Kier molecular flexibility index (Phi) is 10.8. The molecule has 1 rings (SSSR count). The van der Waals surface area contributed by atoms with Crippen LogP contribution in [0.3, 0.4) is 0 Å². The molecule has 0 saturated carbocycles. The van der Waals surface area contributed by atoms with Crippen molar-refractivity contribution in [3.8, 4) is 5.75 Å². The molecule has 3 atom stereocenters. The monoisotopic (exact) mass is 433 g/mol. The number of hydrogen-bond acceptors (Lipinski definition) is 6. The van der Waals surface area contributed by atoms with Crippen LogP contribution >= 0.6 is 19.2 Å². The highest BCUT2D eigenvalue weighted by Gasteiger charge is 2.31. The van der Waals surface area contributed by atoms with Gasteiger partial charge < -0.3 is 19.0 Å². The second-order valence-electron chi connectivity index (χ2n) is 6.43. The first-order chi connectivity index (χ1) is 13.2. The molecule has 0 spiro atoms. The molecule has 3 unspecified atom stereocenters. The van der Waals surface area contributed by atoms with Crippen molar-refractivity contribution in [2.45, 2.75) is 72.0 Å². The lowest BCUT2D eigenvalue weighted by Crippen LogP contribution is -2.25. The predicted molar refractivity (Wildman–Crippen MR) is 110 cm³/mol. The van der Waals surface area contributed by atoms with Gasteiger partial charge in [-0.3, -0.25) is 4.57 Å². The van der Waals surface area contributed by atoms with Crippen LogP contribution in [-0.2, 0) is 18.7 Å². The van der Waals surface area contributed by atoms with Crippen molar-refractivity contribution in [2.24, 2.45) is 5.16 Å². The van der Waals surface area contributed by atoms with E-state index >= 15 is 0 Å². The molecular formula is C19H29ClNO6P. The number of ether oxygens (including phenoxy) is 1. The molecule has 7 nitrogen and oxygen atoms in total. The molecule has 0 aliphatic heterocycles. The minimum Gasteiger partial charge on any atom is -0.479 e. The van der Waals surface area contributed by atoms with E-state index in [9.17, 15) is 14.3 Å². The lowest BCUT2D eigenvalue weighted by atomic mass is 10.2. The summed E-state index contributed by atoms with van der Waals surface area (Å²) in [6.07, 6.45) is 1.81. The Morgan fingerprint density at radius 3 is 2.43 bits per heavy atom. The topological polar surface area (TPSA) is 94.4 Å². The van der Waals surface area contributed by atoms with Gasteiger partial charge in [0.1, 0.15) is 5.75 Å². The maximum absolute atomic E-state index is 12.6. The van der Waals surface area contributed by atoms with Gasteiger partial charge in [0, 0.05) is 11.4 Å². The zero-order valence-corrected chi connectivity index (χ0v) is 18.4. The van der Waals surface area contributed by atoms with Crippen molar-refractivity contribution in [1.82, 2.24) is 0 Å². The van der Waals surface area contributed by atoms with Crippen LogP contribution in [0.1, 0.15) is 59.8 Å². The fourth-order valence-electron chi connectivity index (χ4n) is 2.09. The van der Waals surface area contributed by atoms with Gasteiger partial charge in [-0.1, -0.05) is 43.4 Å². The number of carbonyl (C=O) groups is 1. The van der Waals surface area contributed by atoms with Gasteiger partial charge in [-0.05, 0) is 51.0 Å². The van der Waals surface area contributed by atoms with Gasteiger partial charge in [-0.2, -0.15) is 0 Å². The van der Waals surface area contributed by atoms with Gasteiger partial charge in [0.15, 0.2) is 11.6 Å². The van der Waals surface area contributed by atoms with Crippen LogP contribution in [0.2, 0.25) is 5.02 Å². The maximum Gasteiger partial charge on any atom is 0.376 e. The maximum atomic E-state index is 12.6. The molecule has 0 bridgehead atoms. The van der Waals surface area contributed by atoms with E-state index in [1.165, 1.54) is 6.92 Å². The summed E-state index contributed by atoms with van der Waals surface area (Å²) < 4.78 is 23.2. The molecule has 0 aliphatic carbocycles.